The molecule has 122 valence electrons. The van der Waals surface area contributed by atoms with Crippen molar-refractivity contribution in [3.63, 3.8) is 0 Å². The average Bonchev–Trinajstić information content (AvgIpc) is 2.77. The number of likely N-dealkylation sites (N-methyl/N-ethyl adjacent to an activating group) is 1. The maximum absolute atomic E-state index is 12.6. The minimum absolute atomic E-state index is 0.246. The van der Waals surface area contributed by atoms with Crippen LogP contribution < -0.4 is 10.2 Å². The molecule has 0 aliphatic carbocycles. The van der Waals surface area contributed by atoms with Crippen molar-refractivity contribution in [1.29, 1.82) is 0 Å². The Hall–Kier alpha value is -2.63. The van der Waals surface area contributed by atoms with Gasteiger partial charge >= 0.3 is 0 Å². The van der Waals surface area contributed by atoms with Crippen LogP contribution in [0.1, 0.15) is 5.56 Å². The lowest BCUT2D eigenvalue weighted by molar-refractivity contribution is -0.134. The van der Waals surface area contributed by atoms with E-state index in [1.54, 1.807) is 55.6 Å². The summed E-state index contributed by atoms with van der Waals surface area (Å²) in [4.78, 5) is 26.4. The van der Waals surface area contributed by atoms with Crippen LogP contribution in [-0.2, 0) is 15.2 Å². The Morgan fingerprint density at radius 3 is 2.67 bits per heavy atom. The zero-order valence-corrected chi connectivity index (χ0v) is 13.7. The number of nitrogens with zero attached hydrogens (tertiary/aromatic N) is 1. The van der Waals surface area contributed by atoms with Crippen LogP contribution in [0.2, 0.25) is 5.02 Å². The molecule has 0 saturated carbocycles. The summed E-state index contributed by atoms with van der Waals surface area (Å²) < 4.78 is 0. The lowest BCUT2D eigenvalue weighted by Gasteiger charge is -2.23. The SMILES string of the molecule is C=C(C(=O)Nc1cccc(Cl)c1)C1(O)C(=O)N(C)c2ccccc21. The molecule has 0 bridgehead atoms. The van der Waals surface area contributed by atoms with Gasteiger partial charge in [-0.1, -0.05) is 42.4 Å². The van der Waals surface area contributed by atoms with Gasteiger partial charge < -0.3 is 15.3 Å². The van der Waals surface area contributed by atoms with Gasteiger partial charge in [-0.3, -0.25) is 9.59 Å². The number of para-hydroxylation sites is 1. The van der Waals surface area contributed by atoms with Crippen molar-refractivity contribution < 1.29 is 14.7 Å². The molecule has 2 aromatic rings. The molecule has 1 unspecified atom stereocenters. The normalized spacial score (nSPS) is 19.1. The van der Waals surface area contributed by atoms with Crippen molar-refractivity contribution in [3.05, 3.63) is 71.3 Å². The Balaban J connectivity index is 1.94. The van der Waals surface area contributed by atoms with E-state index in [4.69, 9.17) is 11.6 Å². The smallest absolute Gasteiger partial charge is 0.268 e. The van der Waals surface area contributed by atoms with E-state index in [1.807, 2.05) is 0 Å². The standard InChI is InChI=1S/C18H15ClN2O3/c1-11(16(22)20-13-7-5-6-12(19)10-13)18(24)14-8-3-4-9-15(14)21(2)17(18)23/h3-10,24H,1H2,2H3,(H,20,22). The molecular weight excluding hydrogens is 328 g/mol. The van der Waals surface area contributed by atoms with Crippen LogP contribution in [0.3, 0.4) is 0 Å². The molecule has 2 aromatic carbocycles. The van der Waals surface area contributed by atoms with Gasteiger partial charge in [0.2, 0.25) is 5.60 Å². The largest absolute Gasteiger partial charge is 0.372 e. The molecule has 0 fully saturated rings. The number of fused-ring (bicyclic) bond motifs is 1. The van der Waals surface area contributed by atoms with Crippen molar-refractivity contribution in [2.24, 2.45) is 0 Å². The lowest BCUT2D eigenvalue weighted by Crippen LogP contribution is -2.43. The highest BCUT2D eigenvalue weighted by molar-refractivity contribution is 6.31. The first kappa shape index (κ1) is 16.2. The topological polar surface area (TPSA) is 69.6 Å². The van der Waals surface area contributed by atoms with Crippen molar-refractivity contribution in [1.82, 2.24) is 0 Å². The molecule has 5 nitrogen and oxygen atoms in total. The molecule has 0 saturated heterocycles. The first-order valence-corrected chi connectivity index (χ1v) is 7.60. The van der Waals surface area contributed by atoms with Gasteiger partial charge in [0.1, 0.15) is 0 Å². The fourth-order valence-corrected chi connectivity index (χ4v) is 2.96. The summed E-state index contributed by atoms with van der Waals surface area (Å²) in [6.45, 7) is 3.67. The van der Waals surface area contributed by atoms with Crippen LogP contribution in [0, 0.1) is 0 Å². The molecule has 1 atom stereocenters. The van der Waals surface area contributed by atoms with Crippen LogP contribution in [-0.4, -0.2) is 24.0 Å². The maximum Gasteiger partial charge on any atom is 0.268 e. The molecule has 1 aliphatic heterocycles. The molecule has 2 amide bonds. The van der Waals surface area contributed by atoms with E-state index < -0.39 is 17.4 Å². The molecule has 1 heterocycles. The number of halogens is 1. The predicted molar refractivity (Wildman–Crippen MR) is 93.0 cm³/mol. The van der Waals surface area contributed by atoms with E-state index in [1.165, 1.54) is 4.90 Å². The van der Waals surface area contributed by atoms with Gasteiger partial charge in [0.15, 0.2) is 0 Å². The summed E-state index contributed by atoms with van der Waals surface area (Å²) in [5, 5.41) is 14.0. The molecule has 0 aromatic heterocycles. The number of hydrogen-bond acceptors (Lipinski definition) is 3. The van der Waals surface area contributed by atoms with Crippen molar-refractivity contribution in [2.75, 3.05) is 17.3 Å². The highest BCUT2D eigenvalue weighted by atomic mass is 35.5. The highest BCUT2D eigenvalue weighted by Gasteiger charge is 2.52. The lowest BCUT2D eigenvalue weighted by atomic mass is 9.87. The minimum atomic E-state index is -2.09. The zero-order valence-electron chi connectivity index (χ0n) is 12.9. The van der Waals surface area contributed by atoms with E-state index in [-0.39, 0.29) is 5.57 Å². The second kappa shape index (κ2) is 5.78. The number of rotatable bonds is 3. The summed E-state index contributed by atoms with van der Waals surface area (Å²) in [6.07, 6.45) is 0. The Labute approximate surface area is 144 Å². The van der Waals surface area contributed by atoms with Crippen LogP contribution in [0.25, 0.3) is 0 Å². The monoisotopic (exact) mass is 342 g/mol. The van der Waals surface area contributed by atoms with Gasteiger partial charge in [-0.2, -0.15) is 0 Å². The fraction of sp³-hybridized carbons (Fsp3) is 0.111. The van der Waals surface area contributed by atoms with Crippen LogP contribution in [0.4, 0.5) is 11.4 Å². The van der Waals surface area contributed by atoms with Gasteiger partial charge in [-0.15, -0.1) is 0 Å². The Morgan fingerprint density at radius 2 is 1.96 bits per heavy atom. The third kappa shape index (κ3) is 2.38. The van der Waals surface area contributed by atoms with Gasteiger partial charge in [0, 0.05) is 23.3 Å². The highest BCUT2D eigenvalue weighted by Crippen LogP contribution is 2.43. The predicted octanol–water partition coefficient (Wildman–Crippen LogP) is 2.70. The Kier molecular flexibility index (Phi) is 3.91. The molecule has 3 rings (SSSR count). The number of aliphatic hydroxyl groups is 1. The minimum Gasteiger partial charge on any atom is -0.372 e. The molecule has 0 spiro atoms. The summed E-state index contributed by atoms with van der Waals surface area (Å²) in [5.41, 5.74) is -1.01. The van der Waals surface area contributed by atoms with E-state index in [0.717, 1.165) is 0 Å². The van der Waals surface area contributed by atoms with Crippen LogP contribution in [0.15, 0.2) is 60.7 Å². The first-order chi connectivity index (χ1) is 11.4. The number of anilines is 2. The van der Waals surface area contributed by atoms with Crippen molar-refractivity contribution in [2.45, 2.75) is 5.60 Å². The molecule has 1 aliphatic rings. The number of carbonyl (C=O) groups excluding carboxylic acids is 2. The maximum atomic E-state index is 12.6. The molecular formula is C18H15ClN2O3. The summed E-state index contributed by atoms with van der Waals surface area (Å²) >= 11 is 5.89. The van der Waals surface area contributed by atoms with E-state index in [2.05, 4.69) is 11.9 Å². The molecule has 24 heavy (non-hydrogen) atoms. The van der Waals surface area contributed by atoms with E-state index in [9.17, 15) is 14.7 Å². The van der Waals surface area contributed by atoms with E-state index in [0.29, 0.717) is 22.0 Å². The summed E-state index contributed by atoms with van der Waals surface area (Å²) in [5.74, 6) is -1.27. The van der Waals surface area contributed by atoms with Gasteiger partial charge in [0.25, 0.3) is 11.8 Å². The fourth-order valence-electron chi connectivity index (χ4n) is 2.77. The van der Waals surface area contributed by atoms with Gasteiger partial charge in [0.05, 0.1) is 11.3 Å². The Bertz CT molecular complexity index is 865. The average molecular weight is 343 g/mol. The third-order valence-corrected chi connectivity index (χ3v) is 4.30. The summed E-state index contributed by atoms with van der Waals surface area (Å²) in [6, 6.07) is 13.3. The summed E-state index contributed by atoms with van der Waals surface area (Å²) in [7, 11) is 1.54. The van der Waals surface area contributed by atoms with Crippen LogP contribution in [0.5, 0.6) is 0 Å². The third-order valence-electron chi connectivity index (χ3n) is 4.06. The molecule has 6 heteroatoms. The number of benzene rings is 2. The van der Waals surface area contributed by atoms with Crippen LogP contribution >= 0.6 is 11.6 Å². The number of amides is 2. The second-order valence-electron chi connectivity index (χ2n) is 5.53. The quantitative estimate of drug-likeness (QED) is 0.843. The number of carbonyl (C=O) groups is 2. The molecule has 0 radical (unpaired) electrons. The zero-order chi connectivity index (χ0) is 17.5. The first-order valence-electron chi connectivity index (χ1n) is 7.22. The van der Waals surface area contributed by atoms with E-state index >= 15 is 0 Å². The number of nitrogens with one attached hydrogen (secondary N) is 1. The van der Waals surface area contributed by atoms with Gasteiger partial charge in [-0.05, 0) is 24.3 Å². The van der Waals surface area contributed by atoms with Crippen molar-refractivity contribution >= 4 is 34.8 Å². The second-order valence-corrected chi connectivity index (χ2v) is 5.97. The van der Waals surface area contributed by atoms with Gasteiger partial charge in [-0.25, -0.2) is 0 Å². The number of hydrogen-bond donors (Lipinski definition) is 2. The molecule has 2 N–H and O–H groups in total. The van der Waals surface area contributed by atoms with Crippen molar-refractivity contribution in [3.8, 4) is 0 Å². The Morgan fingerprint density at radius 1 is 1.25 bits per heavy atom.